The van der Waals surface area contributed by atoms with Crippen LogP contribution < -0.4 is 5.32 Å². The van der Waals surface area contributed by atoms with E-state index in [0.29, 0.717) is 17.6 Å². The zero-order valence-corrected chi connectivity index (χ0v) is 12.1. The summed E-state index contributed by atoms with van der Waals surface area (Å²) in [5.41, 5.74) is 0.858. The molecule has 5 heteroatoms. The van der Waals surface area contributed by atoms with Crippen molar-refractivity contribution in [1.29, 1.82) is 0 Å². The topological polar surface area (TPSA) is 49.3 Å². The molecule has 0 aliphatic heterocycles. The van der Waals surface area contributed by atoms with E-state index in [0.717, 1.165) is 24.8 Å². The average molecular weight is 330 g/mol. The second kappa shape index (κ2) is 6.48. The van der Waals surface area contributed by atoms with Gasteiger partial charge >= 0.3 is 5.97 Å². The maximum absolute atomic E-state index is 13.2. The number of nitrogens with one attached hydrogen (secondary N) is 1. The molecular weight excluding hydrogens is 313 g/mol. The molecule has 2 atom stereocenters. The number of carboxylic acids is 1. The van der Waals surface area contributed by atoms with Gasteiger partial charge < -0.3 is 10.4 Å². The normalized spacial score (nSPS) is 22.6. The summed E-state index contributed by atoms with van der Waals surface area (Å²) in [5.74, 6) is -1.01. The van der Waals surface area contributed by atoms with Gasteiger partial charge in [0, 0.05) is 11.0 Å². The molecule has 1 aliphatic rings. The number of halogens is 2. The zero-order chi connectivity index (χ0) is 13.8. The number of hydrogen-bond acceptors (Lipinski definition) is 2. The number of aliphatic carboxylic acids is 1. The number of rotatable bonds is 5. The predicted octanol–water partition coefficient (Wildman–Crippen LogP) is 3.18. The third-order valence-corrected chi connectivity index (χ3v) is 4.09. The lowest BCUT2D eigenvalue weighted by atomic mass is 9.96. The third-order valence-electron chi connectivity index (χ3n) is 3.63. The van der Waals surface area contributed by atoms with Gasteiger partial charge in [-0.25, -0.2) is 4.39 Å². The van der Waals surface area contributed by atoms with E-state index in [9.17, 15) is 9.18 Å². The van der Waals surface area contributed by atoms with Crippen molar-refractivity contribution in [3.63, 3.8) is 0 Å². The Balaban J connectivity index is 1.84. The highest BCUT2D eigenvalue weighted by molar-refractivity contribution is 9.10. The quantitative estimate of drug-likeness (QED) is 0.872. The molecule has 1 saturated carbocycles. The highest BCUT2D eigenvalue weighted by Crippen LogP contribution is 2.31. The molecular formula is C14H17BrFNO2. The lowest BCUT2D eigenvalue weighted by Gasteiger charge is -2.16. The Labute approximate surface area is 120 Å². The maximum Gasteiger partial charge on any atom is 0.306 e. The molecule has 0 radical (unpaired) electrons. The fourth-order valence-electron chi connectivity index (χ4n) is 2.72. The second-order valence-electron chi connectivity index (χ2n) is 5.04. The number of hydrogen-bond donors (Lipinski definition) is 2. The standard InChI is InChI=1S/C14H17BrFNO2/c15-11-4-9(5-12(16)6-11)7-17-8-10-2-1-3-13(10)14(18)19/h4-6,10,13,17H,1-3,7-8H2,(H,18,19). The molecule has 0 heterocycles. The van der Waals surface area contributed by atoms with Crippen LogP contribution in [0.5, 0.6) is 0 Å². The fourth-order valence-corrected chi connectivity index (χ4v) is 3.23. The molecule has 1 aromatic carbocycles. The highest BCUT2D eigenvalue weighted by Gasteiger charge is 2.32. The summed E-state index contributed by atoms with van der Waals surface area (Å²) in [4.78, 5) is 11.1. The summed E-state index contributed by atoms with van der Waals surface area (Å²) in [7, 11) is 0. The molecule has 1 aliphatic carbocycles. The minimum Gasteiger partial charge on any atom is -0.481 e. The van der Waals surface area contributed by atoms with E-state index >= 15 is 0 Å². The minimum absolute atomic E-state index is 0.189. The van der Waals surface area contributed by atoms with Gasteiger partial charge in [0.2, 0.25) is 0 Å². The summed E-state index contributed by atoms with van der Waals surface area (Å²) in [6.45, 7) is 1.23. The Morgan fingerprint density at radius 2 is 2.21 bits per heavy atom. The van der Waals surface area contributed by atoms with Crippen molar-refractivity contribution in [1.82, 2.24) is 5.32 Å². The highest BCUT2D eigenvalue weighted by atomic mass is 79.9. The summed E-state index contributed by atoms with van der Waals surface area (Å²) in [6.07, 6.45) is 2.71. The molecule has 0 bridgehead atoms. The van der Waals surface area contributed by atoms with Crippen LogP contribution in [0.25, 0.3) is 0 Å². The van der Waals surface area contributed by atoms with Gasteiger partial charge in [-0.15, -0.1) is 0 Å². The van der Waals surface area contributed by atoms with E-state index in [4.69, 9.17) is 5.11 Å². The summed E-state index contributed by atoms with van der Waals surface area (Å²) in [5, 5.41) is 12.3. The van der Waals surface area contributed by atoms with Crippen LogP contribution in [-0.4, -0.2) is 17.6 Å². The molecule has 0 spiro atoms. The van der Waals surface area contributed by atoms with Gasteiger partial charge in [-0.1, -0.05) is 22.4 Å². The van der Waals surface area contributed by atoms with Gasteiger partial charge in [-0.05, 0) is 49.1 Å². The average Bonchev–Trinajstić information content (AvgIpc) is 2.76. The molecule has 2 rings (SSSR count). The molecule has 1 aromatic rings. The Kier molecular flexibility index (Phi) is 4.93. The van der Waals surface area contributed by atoms with E-state index < -0.39 is 5.97 Å². The smallest absolute Gasteiger partial charge is 0.306 e. The van der Waals surface area contributed by atoms with Crippen molar-refractivity contribution in [3.05, 3.63) is 34.1 Å². The maximum atomic E-state index is 13.2. The van der Waals surface area contributed by atoms with Crippen LogP contribution in [0.3, 0.4) is 0 Å². The van der Waals surface area contributed by atoms with Crippen molar-refractivity contribution in [2.45, 2.75) is 25.8 Å². The zero-order valence-electron chi connectivity index (χ0n) is 10.5. The molecule has 2 N–H and O–H groups in total. The molecule has 0 saturated heterocycles. The first-order valence-electron chi connectivity index (χ1n) is 6.45. The lowest BCUT2D eigenvalue weighted by Crippen LogP contribution is -2.28. The number of carbonyl (C=O) groups is 1. The first-order valence-corrected chi connectivity index (χ1v) is 7.24. The Morgan fingerprint density at radius 1 is 1.42 bits per heavy atom. The van der Waals surface area contributed by atoms with Crippen molar-refractivity contribution in [3.8, 4) is 0 Å². The molecule has 0 amide bonds. The molecule has 1 fully saturated rings. The third kappa shape index (κ3) is 4.01. The summed E-state index contributed by atoms with van der Waals surface area (Å²) < 4.78 is 13.9. The van der Waals surface area contributed by atoms with Crippen LogP contribution in [-0.2, 0) is 11.3 Å². The van der Waals surface area contributed by atoms with Crippen LogP contribution in [0.1, 0.15) is 24.8 Å². The van der Waals surface area contributed by atoms with E-state index in [1.54, 1.807) is 0 Å². The largest absolute Gasteiger partial charge is 0.481 e. The fraction of sp³-hybridized carbons (Fsp3) is 0.500. The van der Waals surface area contributed by atoms with Gasteiger partial charge in [0.25, 0.3) is 0 Å². The van der Waals surface area contributed by atoms with Crippen molar-refractivity contribution < 1.29 is 14.3 Å². The first kappa shape index (κ1) is 14.5. The van der Waals surface area contributed by atoms with Gasteiger partial charge in [-0.3, -0.25) is 4.79 Å². The van der Waals surface area contributed by atoms with Crippen LogP contribution in [0.2, 0.25) is 0 Å². The summed E-state index contributed by atoms with van der Waals surface area (Å²) in [6, 6.07) is 4.77. The molecule has 0 aromatic heterocycles. The second-order valence-corrected chi connectivity index (χ2v) is 5.96. The van der Waals surface area contributed by atoms with Gasteiger partial charge in [0.1, 0.15) is 5.82 Å². The summed E-state index contributed by atoms with van der Waals surface area (Å²) >= 11 is 3.25. The van der Waals surface area contributed by atoms with E-state index in [1.165, 1.54) is 12.1 Å². The first-order chi connectivity index (χ1) is 9.06. The van der Waals surface area contributed by atoms with Crippen LogP contribution in [0.15, 0.2) is 22.7 Å². The Morgan fingerprint density at radius 3 is 2.89 bits per heavy atom. The van der Waals surface area contributed by atoms with Gasteiger partial charge in [-0.2, -0.15) is 0 Å². The monoisotopic (exact) mass is 329 g/mol. The van der Waals surface area contributed by atoms with Crippen molar-refractivity contribution in [2.75, 3.05) is 6.54 Å². The van der Waals surface area contributed by atoms with Crippen molar-refractivity contribution in [2.24, 2.45) is 11.8 Å². The number of benzene rings is 1. The van der Waals surface area contributed by atoms with Gasteiger partial charge in [0.15, 0.2) is 0 Å². The van der Waals surface area contributed by atoms with Gasteiger partial charge in [0.05, 0.1) is 5.92 Å². The molecule has 19 heavy (non-hydrogen) atoms. The SMILES string of the molecule is O=C(O)C1CCCC1CNCc1cc(F)cc(Br)c1. The number of carboxylic acid groups (broad SMARTS) is 1. The van der Waals surface area contributed by atoms with E-state index in [1.807, 2.05) is 6.07 Å². The predicted molar refractivity (Wildman–Crippen MR) is 74.3 cm³/mol. The van der Waals surface area contributed by atoms with E-state index in [-0.39, 0.29) is 17.7 Å². The lowest BCUT2D eigenvalue weighted by molar-refractivity contribution is -0.142. The Bertz CT molecular complexity index is 447. The Hall–Kier alpha value is -0.940. The minimum atomic E-state index is -0.696. The van der Waals surface area contributed by atoms with Crippen LogP contribution >= 0.6 is 15.9 Å². The molecule has 3 nitrogen and oxygen atoms in total. The van der Waals surface area contributed by atoms with Crippen LogP contribution in [0, 0.1) is 17.7 Å². The van der Waals surface area contributed by atoms with Crippen molar-refractivity contribution >= 4 is 21.9 Å². The van der Waals surface area contributed by atoms with Crippen LogP contribution in [0.4, 0.5) is 4.39 Å². The molecule has 104 valence electrons. The molecule has 2 unspecified atom stereocenters. The van der Waals surface area contributed by atoms with E-state index in [2.05, 4.69) is 21.2 Å².